The first-order valence-electron chi connectivity index (χ1n) is 7.45. The molecule has 1 saturated heterocycles. The second-order valence-corrected chi connectivity index (χ2v) is 5.88. The molecule has 1 aliphatic heterocycles. The highest BCUT2D eigenvalue weighted by Gasteiger charge is 2.96. The van der Waals surface area contributed by atoms with Gasteiger partial charge in [-0.3, -0.25) is 0 Å². The molecule has 0 bridgehead atoms. The lowest BCUT2D eigenvalue weighted by Gasteiger charge is -2.60. The molecule has 1 rings (SSSR count). The Hall–Kier alpha value is -1.57. The Labute approximate surface area is 151 Å². The molecule has 3 unspecified atom stereocenters. The zero-order chi connectivity index (χ0) is 22.6. The summed E-state index contributed by atoms with van der Waals surface area (Å²) in [6.45, 7) is 3.28. The lowest BCUT2D eigenvalue weighted by molar-refractivity contribution is -0.558. The van der Waals surface area contributed by atoms with Crippen LogP contribution in [-0.2, 0) is 14.3 Å². The molecule has 0 radical (unpaired) electrons. The fraction of sp³-hybridized carbons (Fsp3) is 0.786. The van der Waals surface area contributed by atoms with Crippen molar-refractivity contribution < 1.29 is 63.3 Å². The predicted molar refractivity (Wildman–Crippen MR) is 70.4 cm³/mol. The van der Waals surface area contributed by atoms with Crippen LogP contribution in [0.3, 0.4) is 0 Å². The van der Waals surface area contributed by atoms with Crippen LogP contribution in [0.2, 0.25) is 0 Å². The molecule has 0 aromatic rings. The highest BCUT2D eigenvalue weighted by Crippen LogP contribution is 2.67. The molecule has 4 nitrogen and oxygen atoms in total. The van der Waals surface area contributed by atoms with E-state index in [-0.39, 0.29) is 13.0 Å². The van der Waals surface area contributed by atoms with Gasteiger partial charge in [-0.05, 0) is 12.8 Å². The number of esters is 1. The Morgan fingerprint density at radius 1 is 1.00 bits per heavy atom. The maximum Gasteiger partial charge on any atom is 0.449 e. The SMILES string of the molecule is C=CC(=O)OC1(CC)C(F)(F)C(O)(C(F)(F)F)OC(CC)(C(F)(F)F)C1(F)F. The second-order valence-electron chi connectivity index (χ2n) is 5.88. The summed E-state index contributed by atoms with van der Waals surface area (Å²) in [6.07, 6.45) is -17.1. The van der Waals surface area contributed by atoms with Gasteiger partial charge in [-0.15, -0.1) is 0 Å². The van der Waals surface area contributed by atoms with Crippen LogP contribution in [0.5, 0.6) is 0 Å². The number of hydrogen-bond acceptors (Lipinski definition) is 4. The number of hydrogen-bond donors (Lipinski definition) is 1. The smallest absolute Gasteiger partial charge is 0.443 e. The van der Waals surface area contributed by atoms with Gasteiger partial charge in [0.15, 0.2) is 0 Å². The van der Waals surface area contributed by atoms with E-state index in [0.717, 1.165) is 0 Å². The normalized spacial score (nSPS) is 35.3. The summed E-state index contributed by atoms with van der Waals surface area (Å²) >= 11 is 0. The molecule has 0 aromatic heterocycles. The molecular formula is C14H14F10O4. The molecular weight excluding hydrogens is 422 g/mol. The first kappa shape index (κ1) is 24.5. The van der Waals surface area contributed by atoms with Crippen molar-refractivity contribution in [1.29, 1.82) is 0 Å². The molecule has 3 atom stereocenters. The molecule has 0 spiro atoms. The summed E-state index contributed by atoms with van der Waals surface area (Å²) in [6, 6.07) is 0. The van der Waals surface area contributed by atoms with Crippen molar-refractivity contribution in [2.75, 3.05) is 0 Å². The van der Waals surface area contributed by atoms with Crippen molar-refractivity contribution in [2.45, 2.75) is 67.9 Å². The number of carbonyl (C=O) groups is 1. The molecule has 1 N–H and O–H groups in total. The van der Waals surface area contributed by atoms with Crippen molar-refractivity contribution in [3.63, 3.8) is 0 Å². The van der Waals surface area contributed by atoms with Crippen LogP contribution in [0.25, 0.3) is 0 Å². The zero-order valence-corrected chi connectivity index (χ0v) is 14.2. The predicted octanol–water partition coefficient (Wildman–Crippen LogP) is 4.13. The summed E-state index contributed by atoms with van der Waals surface area (Å²) < 4.78 is 146. The van der Waals surface area contributed by atoms with Gasteiger partial charge >= 0.3 is 36.0 Å². The molecule has 14 heteroatoms. The van der Waals surface area contributed by atoms with Crippen LogP contribution in [0.4, 0.5) is 43.9 Å². The summed E-state index contributed by atoms with van der Waals surface area (Å²) in [5, 5.41) is 9.50. The van der Waals surface area contributed by atoms with E-state index in [1.54, 1.807) is 0 Å². The third-order valence-electron chi connectivity index (χ3n) is 4.55. The molecule has 28 heavy (non-hydrogen) atoms. The number of rotatable bonds is 4. The summed E-state index contributed by atoms with van der Waals surface area (Å²) in [4.78, 5) is 11.3. The fourth-order valence-electron chi connectivity index (χ4n) is 3.00. The van der Waals surface area contributed by atoms with Gasteiger partial charge < -0.3 is 14.6 Å². The largest absolute Gasteiger partial charge is 0.449 e. The molecule has 0 aromatic carbocycles. The van der Waals surface area contributed by atoms with Crippen LogP contribution >= 0.6 is 0 Å². The van der Waals surface area contributed by atoms with Gasteiger partial charge in [0.2, 0.25) is 11.2 Å². The molecule has 0 aliphatic carbocycles. The van der Waals surface area contributed by atoms with Crippen molar-refractivity contribution in [3.8, 4) is 0 Å². The Morgan fingerprint density at radius 2 is 1.46 bits per heavy atom. The van der Waals surface area contributed by atoms with Gasteiger partial charge in [0.25, 0.3) is 0 Å². The Kier molecular flexibility index (Phi) is 5.65. The fourth-order valence-corrected chi connectivity index (χ4v) is 3.00. The van der Waals surface area contributed by atoms with Crippen molar-refractivity contribution >= 4 is 5.97 Å². The van der Waals surface area contributed by atoms with E-state index in [1.165, 1.54) is 0 Å². The van der Waals surface area contributed by atoms with Crippen molar-refractivity contribution in [2.24, 2.45) is 0 Å². The van der Waals surface area contributed by atoms with Crippen LogP contribution < -0.4 is 0 Å². The number of ether oxygens (including phenoxy) is 2. The maximum atomic E-state index is 14.9. The van der Waals surface area contributed by atoms with E-state index in [9.17, 15) is 53.8 Å². The van der Waals surface area contributed by atoms with Gasteiger partial charge in [0.1, 0.15) is 0 Å². The molecule has 0 amide bonds. The molecule has 164 valence electrons. The van der Waals surface area contributed by atoms with E-state index in [4.69, 9.17) is 0 Å². The number of carbonyl (C=O) groups excluding carboxylic acids is 1. The van der Waals surface area contributed by atoms with Crippen LogP contribution in [0.15, 0.2) is 12.7 Å². The first-order chi connectivity index (χ1) is 12.3. The average Bonchev–Trinajstić information content (AvgIpc) is 2.52. The van der Waals surface area contributed by atoms with Crippen LogP contribution in [-0.4, -0.2) is 52.3 Å². The van der Waals surface area contributed by atoms with Gasteiger partial charge in [0.05, 0.1) is 0 Å². The molecule has 1 aliphatic rings. The number of aliphatic hydroxyl groups is 1. The van der Waals surface area contributed by atoms with E-state index < -0.39 is 60.0 Å². The van der Waals surface area contributed by atoms with Gasteiger partial charge in [-0.25, -0.2) is 4.79 Å². The third kappa shape index (κ3) is 2.63. The summed E-state index contributed by atoms with van der Waals surface area (Å²) in [5.41, 5.74) is -10.4. The van der Waals surface area contributed by atoms with Crippen molar-refractivity contribution in [3.05, 3.63) is 12.7 Å². The van der Waals surface area contributed by atoms with E-state index in [1.807, 2.05) is 0 Å². The minimum atomic E-state index is -6.69. The maximum absolute atomic E-state index is 14.9. The minimum absolute atomic E-state index is 0.0209. The highest BCUT2D eigenvalue weighted by atomic mass is 19.4. The van der Waals surface area contributed by atoms with Crippen molar-refractivity contribution in [1.82, 2.24) is 0 Å². The lowest BCUT2D eigenvalue weighted by Crippen LogP contribution is -2.87. The molecule has 0 saturated carbocycles. The quantitative estimate of drug-likeness (QED) is 0.409. The lowest BCUT2D eigenvalue weighted by atomic mass is 9.69. The van der Waals surface area contributed by atoms with Gasteiger partial charge in [0, 0.05) is 6.08 Å². The van der Waals surface area contributed by atoms with E-state index >= 15 is 0 Å². The zero-order valence-electron chi connectivity index (χ0n) is 14.2. The topological polar surface area (TPSA) is 55.8 Å². The van der Waals surface area contributed by atoms with Gasteiger partial charge in [-0.2, -0.15) is 43.9 Å². The number of alkyl halides is 10. The Bertz CT molecular complexity index is 643. The molecule has 1 heterocycles. The van der Waals surface area contributed by atoms with Crippen LogP contribution in [0, 0.1) is 0 Å². The van der Waals surface area contributed by atoms with Gasteiger partial charge in [-0.1, -0.05) is 20.4 Å². The average molecular weight is 436 g/mol. The van der Waals surface area contributed by atoms with E-state index in [2.05, 4.69) is 16.1 Å². The van der Waals surface area contributed by atoms with E-state index in [0.29, 0.717) is 6.92 Å². The monoisotopic (exact) mass is 436 g/mol. The summed E-state index contributed by atoms with van der Waals surface area (Å²) in [5.74, 6) is -20.5. The standard InChI is InChI=1S/C14H14F10O4/c1-4-7(25)27-8(5-2)10(15,16)9(6-3,13(19,20)21)28-12(26,11(8,17)18)14(22,23)24/h4,26H,1,5-6H2,2-3H3. The van der Waals surface area contributed by atoms with Crippen LogP contribution in [0.1, 0.15) is 26.7 Å². The second kappa shape index (κ2) is 6.47. The summed E-state index contributed by atoms with van der Waals surface area (Å²) in [7, 11) is 0. The third-order valence-corrected chi connectivity index (χ3v) is 4.55. The molecule has 1 fully saturated rings. The highest BCUT2D eigenvalue weighted by molar-refractivity contribution is 5.81. The Morgan fingerprint density at radius 3 is 1.75 bits per heavy atom. The first-order valence-corrected chi connectivity index (χ1v) is 7.45. The number of halogens is 10. The minimum Gasteiger partial charge on any atom is -0.443 e. The Balaban J connectivity index is 4.13.